The number of carboxylic acids is 1. The number of carbonyl (C=O) groups is 2. The zero-order chi connectivity index (χ0) is 15.8. The van der Waals surface area contributed by atoms with Crippen molar-refractivity contribution >= 4 is 12.0 Å². The summed E-state index contributed by atoms with van der Waals surface area (Å²) in [5, 5.41) is 13.0. The van der Waals surface area contributed by atoms with Crippen molar-refractivity contribution in [3.8, 4) is 0 Å². The first-order valence-electron chi connectivity index (χ1n) is 9.33. The summed E-state index contributed by atoms with van der Waals surface area (Å²) in [6, 6.07) is 0.410. The Kier molecular flexibility index (Phi) is 2.71. The molecule has 1 aliphatic heterocycles. The first kappa shape index (κ1) is 14.1. The van der Waals surface area contributed by atoms with Crippen LogP contribution in [0.4, 0.5) is 4.79 Å². The van der Waals surface area contributed by atoms with Crippen molar-refractivity contribution in [3.05, 3.63) is 0 Å². The summed E-state index contributed by atoms with van der Waals surface area (Å²) < 4.78 is 0. The molecule has 0 aromatic heterocycles. The summed E-state index contributed by atoms with van der Waals surface area (Å²) in [7, 11) is 0. The predicted octanol–water partition coefficient (Wildman–Crippen LogP) is 2.60. The number of urea groups is 1. The summed E-state index contributed by atoms with van der Waals surface area (Å²) in [5.41, 5.74) is -0.454. The van der Waals surface area contributed by atoms with Crippen LogP contribution < -0.4 is 5.32 Å². The van der Waals surface area contributed by atoms with E-state index in [9.17, 15) is 14.7 Å². The van der Waals surface area contributed by atoms with Crippen LogP contribution in [0.2, 0.25) is 0 Å². The minimum absolute atomic E-state index is 0.0240. The SMILES string of the molecule is O=C1NC2(CCCC2)CN1C1C2CC3CC1CC(C(=O)O)(C3)C2. The first-order chi connectivity index (χ1) is 11.0. The Morgan fingerprint density at radius 2 is 1.78 bits per heavy atom. The van der Waals surface area contributed by atoms with Gasteiger partial charge in [-0.25, -0.2) is 4.79 Å². The average Bonchev–Trinajstić information content (AvgIpc) is 3.05. The van der Waals surface area contributed by atoms with Gasteiger partial charge in [0.05, 0.1) is 11.0 Å². The lowest BCUT2D eigenvalue weighted by Crippen LogP contribution is -2.61. The van der Waals surface area contributed by atoms with Crippen LogP contribution in [0.15, 0.2) is 0 Å². The monoisotopic (exact) mass is 318 g/mol. The smallest absolute Gasteiger partial charge is 0.318 e. The van der Waals surface area contributed by atoms with E-state index in [0.29, 0.717) is 23.8 Å². The molecule has 1 saturated heterocycles. The number of amides is 2. The van der Waals surface area contributed by atoms with E-state index in [2.05, 4.69) is 10.2 Å². The van der Waals surface area contributed by atoms with Crippen LogP contribution in [-0.2, 0) is 4.79 Å². The summed E-state index contributed by atoms with van der Waals surface area (Å²) in [5.74, 6) is 0.791. The Morgan fingerprint density at radius 3 is 2.39 bits per heavy atom. The zero-order valence-electron chi connectivity index (χ0n) is 13.6. The Labute approximate surface area is 136 Å². The Morgan fingerprint density at radius 1 is 1.13 bits per heavy atom. The number of hydrogen-bond acceptors (Lipinski definition) is 2. The van der Waals surface area contributed by atoms with Gasteiger partial charge < -0.3 is 15.3 Å². The highest BCUT2D eigenvalue weighted by Crippen LogP contribution is 2.61. The molecule has 0 radical (unpaired) electrons. The minimum Gasteiger partial charge on any atom is -0.481 e. The molecule has 4 bridgehead atoms. The van der Waals surface area contributed by atoms with Crippen molar-refractivity contribution in [3.63, 3.8) is 0 Å². The second-order valence-electron chi connectivity index (χ2n) is 9.09. The van der Waals surface area contributed by atoms with Gasteiger partial charge in [-0.3, -0.25) is 4.79 Å². The van der Waals surface area contributed by atoms with E-state index in [1.165, 1.54) is 12.8 Å². The Balaban J connectivity index is 1.43. The van der Waals surface area contributed by atoms with Crippen molar-refractivity contribution in [1.29, 1.82) is 0 Å². The lowest BCUT2D eigenvalue weighted by atomic mass is 9.47. The number of nitrogens with one attached hydrogen (secondary N) is 1. The highest BCUT2D eigenvalue weighted by molar-refractivity contribution is 5.79. The summed E-state index contributed by atoms with van der Waals surface area (Å²) in [4.78, 5) is 26.6. The van der Waals surface area contributed by atoms with Gasteiger partial charge in [-0.2, -0.15) is 0 Å². The molecule has 5 saturated carbocycles. The largest absolute Gasteiger partial charge is 0.481 e. The maximum absolute atomic E-state index is 12.7. The molecular formula is C18H26N2O3. The van der Waals surface area contributed by atoms with Gasteiger partial charge in [0.15, 0.2) is 0 Å². The Hall–Kier alpha value is -1.26. The third-order valence-corrected chi connectivity index (χ3v) is 7.70. The van der Waals surface area contributed by atoms with Crippen molar-refractivity contribution < 1.29 is 14.7 Å². The summed E-state index contributed by atoms with van der Waals surface area (Å²) in [6.07, 6.45) is 9.37. The molecule has 6 fully saturated rings. The van der Waals surface area contributed by atoms with Crippen LogP contribution in [0.3, 0.4) is 0 Å². The summed E-state index contributed by atoms with van der Waals surface area (Å²) >= 11 is 0. The van der Waals surface area contributed by atoms with Crippen molar-refractivity contribution in [1.82, 2.24) is 10.2 Å². The van der Waals surface area contributed by atoms with Gasteiger partial charge in [0.25, 0.3) is 0 Å². The van der Waals surface area contributed by atoms with Crippen LogP contribution in [-0.4, -0.2) is 40.1 Å². The molecule has 0 aromatic rings. The maximum atomic E-state index is 12.7. The maximum Gasteiger partial charge on any atom is 0.318 e. The van der Waals surface area contributed by atoms with Crippen molar-refractivity contribution in [2.75, 3.05) is 6.54 Å². The van der Waals surface area contributed by atoms with Gasteiger partial charge in [-0.05, 0) is 62.7 Å². The molecule has 2 unspecified atom stereocenters. The molecule has 6 aliphatic rings. The number of hydrogen-bond donors (Lipinski definition) is 2. The van der Waals surface area contributed by atoms with E-state index in [1.54, 1.807) is 0 Å². The van der Waals surface area contributed by atoms with Gasteiger partial charge in [-0.15, -0.1) is 0 Å². The molecule has 0 aromatic carbocycles. The molecule has 5 nitrogen and oxygen atoms in total. The molecule has 23 heavy (non-hydrogen) atoms. The van der Waals surface area contributed by atoms with Gasteiger partial charge in [0, 0.05) is 12.6 Å². The van der Waals surface area contributed by atoms with Crippen LogP contribution in [0.25, 0.3) is 0 Å². The number of aliphatic carboxylic acids is 1. The van der Waals surface area contributed by atoms with Crippen LogP contribution in [0.1, 0.15) is 57.8 Å². The fraction of sp³-hybridized carbons (Fsp3) is 0.889. The normalized spacial score (nSPS) is 46.6. The topological polar surface area (TPSA) is 69.6 Å². The molecule has 126 valence electrons. The molecule has 5 aliphatic carbocycles. The Bertz CT molecular complexity index is 553. The van der Waals surface area contributed by atoms with E-state index in [-0.39, 0.29) is 11.6 Å². The van der Waals surface area contributed by atoms with E-state index >= 15 is 0 Å². The van der Waals surface area contributed by atoms with E-state index < -0.39 is 11.4 Å². The highest BCUT2D eigenvalue weighted by atomic mass is 16.4. The van der Waals surface area contributed by atoms with Crippen molar-refractivity contribution in [2.24, 2.45) is 23.2 Å². The number of carbonyl (C=O) groups excluding carboxylic acids is 1. The molecule has 6 rings (SSSR count). The lowest BCUT2D eigenvalue weighted by Gasteiger charge is -2.59. The van der Waals surface area contributed by atoms with Gasteiger partial charge in [0.1, 0.15) is 0 Å². The highest BCUT2D eigenvalue weighted by Gasteiger charge is 2.61. The molecule has 1 heterocycles. The van der Waals surface area contributed by atoms with Gasteiger partial charge in [0.2, 0.25) is 0 Å². The lowest BCUT2D eigenvalue weighted by molar-refractivity contribution is -0.170. The molecular weight excluding hydrogens is 292 g/mol. The minimum atomic E-state index is -0.589. The van der Waals surface area contributed by atoms with Crippen LogP contribution in [0, 0.1) is 23.2 Å². The predicted molar refractivity (Wildman–Crippen MR) is 83.8 cm³/mol. The zero-order valence-corrected chi connectivity index (χ0v) is 13.6. The third-order valence-electron chi connectivity index (χ3n) is 7.70. The number of nitrogens with zero attached hydrogens (tertiary/aromatic N) is 1. The average molecular weight is 318 g/mol. The van der Waals surface area contributed by atoms with Crippen LogP contribution in [0.5, 0.6) is 0 Å². The van der Waals surface area contributed by atoms with Crippen molar-refractivity contribution in [2.45, 2.75) is 69.4 Å². The third kappa shape index (κ3) is 1.85. The van der Waals surface area contributed by atoms with Crippen LogP contribution >= 0.6 is 0 Å². The second kappa shape index (κ2) is 4.42. The second-order valence-corrected chi connectivity index (χ2v) is 9.09. The van der Waals surface area contributed by atoms with E-state index in [4.69, 9.17) is 0 Å². The standard InChI is InChI=1S/C18H26N2O3/c21-15(22)17-7-11-5-12(8-17)14(13(6-11)9-17)20-10-18(19-16(20)23)3-1-2-4-18/h11-14H,1-10H2,(H,19,23)(H,21,22). The first-order valence-corrected chi connectivity index (χ1v) is 9.33. The van der Waals surface area contributed by atoms with E-state index in [1.807, 2.05) is 0 Å². The van der Waals surface area contributed by atoms with E-state index in [0.717, 1.165) is 51.5 Å². The number of rotatable bonds is 2. The fourth-order valence-electron chi connectivity index (χ4n) is 7.08. The van der Waals surface area contributed by atoms with Gasteiger partial charge in [-0.1, -0.05) is 12.8 Å². The fourth-order valence-corrected chi connectivity index (χ4v) is 7.08. The number of carboxylic acid groups (broad SMARTS) is 1. The molecule has 2 amide bonds. The molecule has 5 heteroatoms. The van der Waals surface area contributed by atoms with Gasteiger partial charge >= 0.3 is 12.0 Å². The molecule has 1 spiro atoms. The molecule has 2 N–H and O–H groups in total. The quantitative estimate of drug-likeness (QED) is 0.822. The summed E-state index contributed by atoms with van der Waals surface area (Å²) in [6.45, 7) is 0.855. The molecule has 2 atom stereocenters.